The Labute approximate surface area is 177 Å². The summed E-state index contributed by atoms with van der Waals surface area (Å²) in [6, 6.07) is 14.2. The van der Waals surface area contributed by atoms with Crippen LogP contribution in [0.3, 0.4) is 0 Å². The monoisotopic (exact) mass is 429 g/mol. The van der Waals surface area contributed by atoms with Crippen LogP contribution < -0.4 is 11.1 Å². The van der Waals surface area contributed by atoms with Crippen LogP contribution in [-0.2, 0) is 17.8 Å². The molecule has 150 valence electrons. The van der Waals surface area contributed by atoms with Gasteiger partial charge in [-0.05, 0) is 36.8 Å². The molecule has 0 saturated carbocycles. The average molecular weight is 430 g/mol. The molecule has 0 radical (unpaired) electrons. The van der Waals surface area contributed by atoms with Gasteiger partial charge in [-0.15, -0.1) is 10.2 Å². The van der Waals surface area contributed by atoms with E-state index >= 15 is 0 Å². The molecule has 2 aromatic carbocycles. The SMILES string of the molecule is CCn1c(Cc2ccc(Cl)cc2)nnc1SCC(=O)Nc1ccccc1C(N)=O. The van der Waals surface area contributed by atoms with E-state index in [9.17, 15) is 9.59 Å². The van der Waals surface area contributed by atoms with Gasteiger partial charge in [0.2, 0.25) is 5.91 Å². The maximum Gasteiger partial charge on any atom is 0.250 e. The number of carbonyl (C=O) groups excluding carboxylic acids is 2. The zero-order chi connectivity index (χ0) is 20.8. The number of thioether (sulfide) groups is 1. The van der Waals surface area contributed by atoms with Crippen molar-refractivity contribution in [2.24, 2.45) is 5.73 Å². The minimum absolute atomic E-state index is 0.131. The van der Waals surface area contributed by atoms with E-state index in [4.69, 9.17) is 17.3 Å². The summed E-state index contributed by atoms with van der Waals surface area (Å²) in [6.07, 6.45) is 0.622. The number of nitrogens with two attached hydrogens (primary N) is 1. The lowest BCUT2D eigenvalue weighted by Crippen LogP contribution is -2.19. The zero-order valence-corrected chi connectivity index (χ0v) is 17.3. The van der Waals surface area contributed by atoms with Crippen molar-refractivity contribution in [1.82, 2.24) is 14.8 Å². The summed E-state index contributed by atoms with van der Waals surface area (Å²) >= 11 is 7.22. The molecule has 3 aromatic rings. The van der Waals surface area contributed by atoms with Gasteiger partial charge >= 0.3 is 0 Å². The molecule has 2 amide bonds. The van der Waals surface area contributed by atoms with Crippen LogP contribution in [0.5, 0.6) is 0 Å². The Hall–Kier alpha value is -2.84. The summed E-state index contributed by atoms with van der Waals surface area (Å²) in [5, 5.41) is 12.6. The number of nitrogens with one attached hydrogen (secondary N) is 1. The molecule has 0 atom stereocenters. The lowest BCUT2D eigenvalue weighted by molar-refractivity contribution is -0.113. The number of para-hydroxylation sites is 1. The van der Waals surface area contributed by atoms with Crippen molar-refractivity contribution >= 4 is 40.9 Å². The van der Waals surface area contributed by atoms with Crippen molar-refractivity contribution in [3.05, 3.63) is 70.5 Å². The topological polar surface area (TPSA) is 103 Å². The van der Waals surface area contributed by atoms with E-state index in [0.29, 0.717) is 28.8 Å². The highest BCUT2D eigenvalue weighted by Gasteiger charge is 2.15. The number of hydrogen-bond acceptors (Lipinski definition) is 5. The molecule has 3 rings (SSSR count). The largest absolute Gasteiger partial charge is 0.366 e. The lowest BCUT2D eigenvalue weighted by Gasteiger charge is -2.09. The molecule has 3 N–H and O–H groups in total. The predicted octanol–water partition coefficient (Wildman–Crippen LogP) is 3.37. The van der Waals surface area contributed by atoms with Gasteiger partial charge in [-0.25, -0.2) is 0 Å². The second-order valence-corrected chi connectivity index (χ2v) is 7.57. The number of benzene rings is 2. The van der Waals surface area contributed by atoms with Gasteiger partial charge in [0.25, 0.3) is 5.91 Å². The Balaban J connectivity index is 1.65. The molecule has 1 heterocycles. The van der Waals surface area contributed by atoms with Gasteiger partial charge < -0.3 is 15.6 Å². The first-order valence-corrected chi connectivity index (χ1v) is 10.3. The van der Waals surface area contributed by atoms with E-state index in [1.165, 1.54) is 11.8 Å². The summed E-state index contributed by atoms with van der Waals surface area (Å²) in [5.41, 5.74) is 7.09. The quantitative estimate of drug-likeness (QED) is 0.534. The molecular formula is C20H20ClN5O2S. The molecular weight excluding hydrogens is 410 g/mol. The fraction of sp³-hybridized carbons (Fsp3) is 0.200. The number of nitrogens with zero attached hydrogens (tertiary/aromatic N) is 3. The lowest BCUT2D eigenvalue weighted by atomic mass is 10.1. The van der Waals surface area contributed by atoms with Crippen LogP contribution in [0.15, 0.2) is 53.7 Å². The van der Waals surface area contributed by atoms with E-state index < -0.39 is 5.91 Å². The number of hydrogen-bond donors (Lipinski definition) is 2. The van der Waals surface area contributed by atoms with Crippen LogP contribution >= 0.6 is 23.4 Å². The van der Waals surface area contributed by atoms with Gasteiger partial charge in [-0.2, -0.15) is 0 Å². The smallest absolute Gasteiger partial charge is 0.250 e. The molecule has 29 heavy (non-hydrogen) atoms. The van der Waals surface area contributed by atoms with Crippen molar-refractivity contribution in [1.29, 1.82) is 0 Å². The zero-order valence-electron chi connectivity index (χ0n) is 15.8. The van der Waals surface area contributed by atoms with Crippen molar-refractivity contribution in [2.45, 2.75) is 25.0 Å². The first-order valence-electron chi connectivity index (χ1n) is 8.96. The van der Waals surface area contributed by atoms with E-state index in [0.717, 1.165) is 11.4 Å². The molecule has 0 bridgehead atoms. The van der Waals surface area contributed by atoms with Crippen molar-refractivity contribution in [2.75, 3.05) is 11.1 Å². The van der Waals surface area contributed by atoms with Crippen LogP contribution in [0.1, 0.15) is 28.7 Å². The molecule has 0 spiro atoms. The number of aromatic nitrogens is 3. The summed E-state index contributed by atoms with van der Waals surface area (Å²) in [6.45, 7) is 2.69. The van der Waals surface area contributed by atoms with Gasteiger partial charge in [0.1, 0.15) is 5.82 Å². The highest BCUT2D eigenvalue weighted by molar-refractivity contribution is 7.99. The fourth-order valence-corrected chi connectivity index (χ4v) is 3.73. The third kappa shape index (κ3) is 5.36. The third-order valence-corrected chi connectivity index (χ3v) is 5.40. The van der Waals surface area contributed by atoms with Gasteiger partial charge in [0, 0.05) is 18.0 Å². The molecule has 0 aliphatic carbocycles. The second-order valence-electron chi connectivity index (χ2n) is 6.19. The first-order chi connectivity index (χ1) is 14.0. The van der Waals surface area contributed by atoms with Crippen LogP contribution in [0, 0.1) is 0 Å². The van der Waals surface area contributed by atoms with Crippen molar-refractivity contribution < 1.29 is 9.59 Å². The fourth-order valence-electron chi connectivity index (χ4n) is 2.78. The standard InChI is InChI=1S/C20H20ClN5O2S/c1-2-26-17(11-13-7-9-14(21)10-8-13)24-25-20(26)29-12-18(27)23-16-6-4-3-5-15(16)19(22)28/h3-10H,2,11-12H2,1H3,(H2,22,28)(H,23,27). The maximum atomic E-state index is 12.3. The second kappa shape index (κ2) is 9.58. The summed E-state index contributed by atoms with van der Waals surface area (Å²) in [7, 11) is 0. The Morgan fingerprint density at radius 3 is 2.55 bits per heavy atom. The van der Waals surface area contributed by atoms with E-state index in [1.54, 1.807) is 24.3 Å². The van der Waals surface area contributed by atoms with E-state index in [1.807, 2.05) is 35.8 Å². The molecule has 0 aliphatic heterocycles. The third-order valence-electron chi connectivity index (χ3n) is 4.18. The average Bonchev–Trinajstić information content (AvgIpc) is 3.10. The number of primary amides is 1. The molecule has 0 aliphatic rings. The summed E-state index contributed by atoms with van der Waals surface area (Å²) < 4.78 is 1.98. The highest BCUT2D eigenvalue weighted by atomic mass is 35.5. The van der Waals surface area contributed by atoms with Crippen LogP contribution in [0.2, 0.25) is 5.02 Å². The molecule has 1 aromatic heterocycles. The Bertz CT molecular complexity index is 1020. The van der Waals surface area contributed by atoms with Crippen molar-refractivity contribution in [3.63, 3.8) is 0 Å². The summed E-state index contributed by atoms with van der Waals surface area (Å²) in [5.74, 6) is 0.100. The summed E-state index contributed by atoms with van der Waals surface area (Å²) in [4.78, 5) is 23.8. The van der Waals surface area contributed by atoms with Gasteiger partial charge in [-0.1, -0.05) is 47.6 Å². The van der Waals surface area contributed by atoms with Gasteiger partial charge in [0.05, 0.1) is 17.0 Å². The van der Waals surface area contributed by atoms with Gasteiger partial charge in [-0.3, -0.25) is 9.59 Å². The first kappa shape index (κ1) is 20.9. The highest BCUT2D eigenvalue weighted by Crippen LogP contribution is 2.21. The minimum Gasteiger partial charge on any atom is -0.366 e. The Kier molecular flexibility index (Phi) is 6.90. The number of halogens is 1. The number of rotatable bonds is 8. The molecule has 0 fully saturated rings. The number of anilines is 1. The van der Waals surface area contributed by atoms with E-state index in [-0.39, 0.29) is 17.2 Å². The molecule has 0 saturated heterocycles. The van der Waals surface area contributed by atoms with Crippen LogP contribution in [0.25, 0.3) is 0 Å². The van der Waals surface area contributed by atoms with Gasteiger partial charge in [0.15, 0.2) is 5.16 Å². The predicted molar refractivity (Wildman–Crippen MR) is 114 cm³/mol. The molecule has 7 nitrogen and oxygen atoms in total. The Morgan fingerprint density at radius 1 is 1.14 bits per heavy atom. The number of carbonyl (C=O) groups is 2. The normalized spacial score (nSPS) is 10.7. The van der Waals surface area contributed by atoms with Crippen LogP contribution in [-0.4, -0.2) is 32.3 Å². The van der Waals surface area contributed by atoms with Crippen LogP contribution in [0.4, 0.5) is 5.69 Å². The van der Waals surface area contributed by atoms with Crippen molar-refractivity contribution in [3.8, 4) is 0 Å². The number of amides is 2. The Morgan fingerprint density at radius 2 is 1.86 bits per heavy atom. The molecule has 0 unspecified atom stereocenters. The molecule has 9 heteroatoms. The minimum atomic E-state index is -0.592. The van der Waals surface area contributed by atoms with E-state index in [2.05, 4.69) is 15.5 Å². The maximum absolute atomic E-state index is 12.3.